The van der Waals surface area contributed by atoms with Crippen molar-refractivity contribution < 1.29 is 36.3 Å². The van der Waals surface area contributed by atoms with Crippen LogP contribution in [0.2, 0.25) is 0 Å². The molecule has 1 unspecified atom stereocenters. The number of amides is 1. The molecular formula is C21H28F2N2O6S. The van der Waals surface area contributed by atoms with Crippen molar-refractivity contribution in [2.24, 2.45) is 0 Å². The summed E-state index contributed by atoms with van der Waals surface area (Å²) in [6.07, 6.45) is 1.82. The summed E-state index contributed by atoms with van der Waals surface area (Å²) in [6, 6.07) is 1.81. The number of alkyl carbamates (subject to hydrolysis) is 1. The number of rotatable bonds is 7. The van der Waals surface area contributed by atoms with E-state index in [9.17, 15) is 26.8 Å². The van der Waals surface area contributed by atoms with Gasteiger partial charge in [0, 0.05) is 6.54 Å². The zero-order valence-electron chi connectivity index (χ0n) is 18.5. The van der Waals surface area contributed by atoms with E-state index < -0.39 is 50.3 Å². The van der Waals surface area contributed by atoms with E-state index in [4.69, 9.17) is 9.47 Å². The molecule has 0 aromatic heterocycles. The van der Waals surface area contributed by atoms with Gasteiger partial charge in [-0.25, -0.2) is 26.8 Å². The molecule has 1 aromatic rings. The van der Waals surface area contributed by atoms with E-state index in [2.05, 4.69) is 5.32 Å². The lowest BCUT2D eigenvalue weighted by Gasteiger charge is -2.24. The van der Waals surface area contributed by atoms with Gasteiger partial charge in [-0.2, -0.15) is 0 Å². The minimum absolute atomic E-state index is 0.0513. The van der Waals surface area contributed by atoms with Crippen LogP contribution in [0.3, 0.4) is 0 Å². The van der Waals surface area contributed by atoms with Crippen LogP contribution in [0.1, 0.15) is 52.5 Å². The lowest BCUT2D eigenvalue weighted by molar-refractivity contribution is -0.138. The van der Waals surface area contributed by atoms with Gasteiger partial charge >= 0.3 is 12.1 Å². The highest BCUT2D eigenvalue weighted by Gasteiger charge is 2.36. The Morgan fingerprint density at radius 1 is 1.19 bits per heavy atom. The summed E-state index contributed by atoms with van der Waals surface area (Å²) in [5.74, 6) is -3.09. The zero-order chi connectivity index (χ0) is 24.1. The maximum absolute atomic E-state index is 14.6. The van der Waals surface area contributed by atoms with Gasteiger partial charge in [-0.3, -0.25) is 4.72 Å². The van der Waals surface area contributed by atoms with Crippen molar-refractivity contribution in [1.29, 1.82) is 0 Å². The first-order valence-corrected chi connectivity index (χ1v) is 11.7. The molecule has 178 valence electrons. The van der Waals surface area contributed by atoms with Gasteiger partial charge in [0.15, 0.2) is 11.6 Å². The first-order valence-electron chi connectivity index (χ1n) is 10.2. The fraction of sp³-hybridized carbons (Fsp3) is 0.524. The third-order valence-electron chi connectivity index (χ3n) is 4.45. The van der Waals surface area contributed by atoms with Gasteiger partial charge in [0.05, 0.1) is 12.2 Å². The number of esters is 1. The van der Waals surface area contributed by atoms with Gasteiger partial charge in [0.2, 0.25) is 10.0 Å². The number of hydrogen-bond acceptors (Lipinski definition) is 6. The average molecular weight is 475 g/mol. The molecule has 11 heteroatoms. The summed E-state index contributed by atoms with van der Waals surface area (Å²) in [7, 11) is -4.34. The molecule has 1 atom stereocenters. The quantitative estimate of drug-likeness (QED) is 0.582. The molecule has 1 aliphatic carbocycles. The molecule has 0 saturated carbocycles. The molecule has 2 rings (SSSR count). The number of sulfonamides is 1. The lowest BCUT2D eigenvalue weighted by Crippen LogP contribution is -2.35. The zero-order valence-corrected chi connectivity index (χ0v) is 19.3. The van der Waals surface area contributed by atoms with E-state index in [1.165, 1.54) is 6.08 Å². The van der Waals surface area contributed by atoms with Gasteiger partial charge in [-0.15, -0.1) is 0 Å². The standard InChI is InChI=1S/C21H28F2N2O6S/c1-5-30-19(26)14-8-6-7-9-17(14)32(28,29)25-18-15(22)10-13(11-16(18)23)12-24-20(27)31-21(2,3)4/h8,10-11,17,25H,5-7,9,12H2,1-4H3,(H,24,27). The second-order valence-corrected chi connectivity index (χ2v) is 10.1. The van der Waals surface area contributed by atoms with Crippen molar-refractivity contribution in [1.82, 2.24) is 5.32 Å². The van der Waals surface area contributed by atoms with Crippen LogP contribution in [0.5, 0.6) is 0 Å². The number of anilines is 1. The SMILES string of the molecule is CCOC(=O)C1=CCCCC1S(=O)(=O)Nc1c(F)cc(CNC(=O)OC(C)(C)C)cc1F. The van der Waals surface area contributed by atoms with Crippen molar-refractivity contribution in [2.45, 2.75) is 64.4 Å². The topological polar surface area (TPSA) is 111 Å². The molecule has 1 amide bonds. The molecule has 0 heterocycles. The van der Waals surface area contributed by atoms with Crippen molar-refractivity contribution in [3.05, 3.63) is 41.0 Å². The molecule has 0 spiro atoms. The predicted molar refractivity (Wildman–Crippen MR) is 114 cm³/mol. The van der Waals surface area contributed by atoms with E-state index in [0.717, 1.165) is 12.1 Å². The van der Waals surface area contributed by atoms with Crippen LogP contribution in [-0.4, -0.2) is 37.9 Å². The van der Waals surface area contributed by atoms with Crippen LogP contribution in [0.25, 0.3) is 0 Å². The van der Waals surface area contributed by atoms with E-state index in [-0.39, 0.29) is 30.7 Å². The van der Waals surface area contributed by atoms with E-state index in [1.54, 1.807) is 27.7 Å². The number of benzene rings is 1. The molecule has 32 heavy (non-hydrogen) atoms. The number of hydrogen-bond donors (Lipinski definition) is 2. The maximum atomic E-state index is 14.6. The molecule has 1 aliphatic rings. The Labute approximate surface area is 186 Å². The van der Waals surface area contributed by atoms with Gasteiger partial charge in [0.25, 0.3) is 0 Å². The van der Waals surface area contributed by atoms with Gasteiger partial charge in [0.1, 0.15) is 16.5 Å². The molecule has 0 saturated heterocycles. The van der Waals surface area contributed by atoms with Crippen molar-refractivity contribution >= 4 is 27.8 Å². The Morgan fingerprint density at radius 2 is 1.81 bits per heavy atom. The number of nitrogens with one attached hydrogen (secondary N) is 2. The Hall–Kier alpha value is -2.69. The Bertz CT molecular complexity index is 979. The molecular weight excluding hydrogens is 446 g/mol. The monoisotopic (exact) mass is 474 g/mol. The highest BCUT2D eigenvalue weighted by molar-refractivity contribution is 7.93. The molecule has 0 bridgehead atoms. The van der Waals surface area contributed by atoms with E-state index in [1.807, 2.05) is 4.72 Å². The fourth-order valence-electron chi connectivity index (χ4n) is 3.13. The predicted octanol–water partition coefficient (Wildman–Crippen LogP) is 3.77. The second kappa shape index (κ2) is 10.3. The first kappa shape index (κ1) is 25.6. The summed E-state index contributed by atoms with van der Waals surface area (Å²) in [4.78, 5) is 23.8. The summed E-state index contributed by atoms with van der Waals surface area (Å²) < 4.78 is 66.7. The molecule has 0 fully saturated rings. The minimum atomic E-state index is -4.34. The average Bonchev–Trinajstić information content (AvgIpc) is 2.68. The normalized spacial score (nSPS) is 16.7. The third kappa shape index (κ3) is 6.91. The van der Waals surface area contributed by atoms with Gasteiger partial charge < -0.3 is 14.8 Å². The van der Waals surface area contributed by atoms with Crippen LogP contribution < -0.4 is 10.0 Å². The number of allylic oxidation sites excluding steroid dienone is 1. The van der Waals surface area contributed by atoms with Crippen LogP contribution in [0.15, 0.2) is 23.8 Å². The smallest absolute Gasteiger partial charge is 0.407 e. The molecule has 8 nitrogen and oxygen atoms in total. The summed E-state index contributed by atoms with van der Waals surface area (Å²) in [6.45, 7) is 6.44. The fourth-order valence-corrected chi connectivity index (χ4v) is 4.75. The number of carbonyl (C=O) groups is 2. The largest absolute Gasteiger partial charge is 0.463 e. The molecule has 1 aromatic carbocycles. The minimum Gasteiger partial charge on any atom is -0.463 e. The van der Waals surface area contributed by atoms with Crippen LogP contribution >= 0.6 is 0 Å². The number of carbonyl (C=O) groups excluding carboxylic acids is 2. The third-order valence-corrected chi connectivity index (χ3v) is 6.18. The highest BCUT2D eigenvalue weighted by atomic mass is 32.2. The Balaban J connectivity index is 2.18. The summed E-state index contributed by atoms with van der Waals surface area (Å²) >= 11 is 0. The summed E-state index contributed by atoms with van der Waals surface area (Å²) in [5.41, 5.74) is -1.58. The molecule has 2 N–H and O–H groups in total. The van der Waals surface area contributed by atoms with E-state index in [0.29, 0.717) is 12.8 Å². The van der Waals surface area contributed by atoms with E-state index >= 15 is 0 Å². The van der Waals surface area contributed by atoms with Gasteiger partial charge in [-0.1, -0.05) is 6.08 Å². The molecule has 0 aliphatic heterocycles. The molecule has 0 radical (unpaired) electrons. The van der Waals surface area contributed by atoms with Crippen molar-refractivity contribution in [2.75, 3.05) is 11.3 Å². The highest BCUT2D eigenvalue weighted by Crippen LogP contribution is 2.29. The number of ether oxygens (including phenoxy) is 2. The van der Waals surface area contributed by atoms with Crippen molar-refractivity contribution in [3.8, 4) is 0 Å². The van der Waals surface area contributed by atoms with Crippen LogP contribution in [0, 0.1) is 11.6 Å². The Kier molecular flexibility index (Phi) is 8.22. The summed E-state index contributed by atoms with van der Waals surface area (Å²) in [5, 5.41) is 1.08. The van der Waals surface area contributed by atoms with Crippen LogP contribution in [0.4, 0.5) is 19.3 Å². The van der Waals surface area contributed by atoms with Gasteiger partial charge in [-0.05, 0) is 64.7 Å². The van der Waals surface area contributed by atoms with Crippen molar-refractivity contribution in [3.63, 3.8) is 0 Å². The maximum Gasteiger partial charge on any atom is 0.407 e. The number of halogens is 2. The second-order valence-electron chi connectivity index (χ2n) is 8.24. The van der Waals surface area contributed by atoms with Crippen LogP contribution in [-0.2, 0) is 30.8 Å². The lowest BCUT2D eigenvalue weighted by atomic mass is 9.99. The Morgan fingerprint density at radius 3 is 2.38 bits per heavy atom. The first-order chi connectivity index (χ1) is 14.8.